The fourth-order valence-electron chi connectivity index (χ4n) is 3.25. The summed E-state index contributed by atoms with van der Waals surface area (Å²) in [5.41, 5.74) is 4.11. The highest BCUT2D eigenvalue weighted by molar-refractivity contribution is 6.21. The molecule has 1 atom stereocenters. The number of imide groups is 1. The average molecular weight is 393 g/mol. The molecule has 3 rings (SSSR count). The summed E-state index contributed by atoms with van der Waals surface area (Å²) >= 11 is 0. The fraction of sp³-hybridized carbons (Fsp3) is 0.273. The molecule has 0 saturated heterocycles. The van der Waals surface area contributed by atoms with E-state index in [1.165, 1.54) is 12.1 Å². The second kappa shape index (κ2) is 8.26. The molecule has 7 nitrogen and oxygen atoms in total. The van der Waals surface area contributed by atoms with E-state index in [4.69, 9.17) is 0 Å². The summed E-state index contributed by atoms with van der Waals surface area (Å²) in [7, 11) is 0. The topological polar surface area (TPSA) is 95.6 Å². The first-order chi connectivity index (χ1) is 13.8. The van der Waals surface area contributed by atoms with Crippen molar-refractivity contribution in [2.45, 2.75) is 33.2 Å². The van der Waals surface area contributed by atoms with E-state index >= 15 is 0 Å². The van der Waals surface area contributed by atoms with Gasteiger partial charge in [0.05, 0.1) is 11.1 Å². The van der Waals surface area contributed by atoms with Gasteiger partial charge in [-0.1, -0.05) is 44.2 Å². The molecule has 0 unspecified atom stereocenters. The number of hydrogen-bond donors (Lipinski definition) is 2. The SMILES string of the molecule is Cc1ccccc1C(=O)N[C@H](CC(C)C)C(=O)NN1C(=O)c2ccccc2C1=O. The number of hydrogen-bond acceptors (Lipinski definition) is 4. The Morgan fingerprint density at radius 3 is 2.03 bits per heavy atom. The van der Waals surface area contributed by atoms with Gasteiger partial charge in [0.15, 0.2) is 0 Å². The van der Waals surface area contributed by atoms with Crippen molar-refractivity contribution in [3.05, 3.63) is 70.8 Å². The molecule has 0 spiro atoms. The van der Waals surface area contributed by atoms with Crippen molar-refractivity contribution in [2.24, 2.45) is 5.92 Å². The van der Waals surface area contributed by atoms with Crippen molar-refractivity contribution < 1.29 is 19.2 Å². The number of carbonyl (C=O) groups excluding carboxylic acids is 4. The Morgan fingerprint density at radius 1 is 0.931 bits per heavy atom. The molecule has 2 aromatic carbocycles. The van der Waals surface area contributed by atoms with Crippen LogP contribution in [-0.4, -0.2) is 34.7 Å². The van der Waals surface area contributed by atoms with Crippen LogP contribution in [-0.2, 0) is 4.79 Å². The van der Waals surface area contributed by atoms with Gasteiger partial charge in [-0.2, -0.15) is 5.01 Å². The summed E-state index contributed by atoms with van der Waals surface area (Å²) in [5, 5.41) is 3.44. The summed E-state index contributed by atoms with van der Waals surface area (Å²) < 4.78 is 0. The molecule has 0 fully saturated rings. The molecular weight excluding hydrogens is 370 g/mol. The van der Waals surface area contributed by atoms with E-state index in [0.29, 0.717) is 17.0 Å². The molecule has 1 aliphatic rings. The van der Waals surface area contributed by atoms with Crippen molar-refractivity contribution in [3.63, 3.8) is 0 Å². The number of benzene rings is 2. The lowest BCUT2D eigenvalue weighted by Crippen LogP contribution is -2.54. The minimum atomic E-state index is -0.897. The summed E-state index contributed by atoms with van der Waals surface area (Å²) in [5.74, 6) is -2.08. The minimum Gasteiger partial charge on any atom is -0.340 e. The summed E-state index contributed by atoms with van der Waals surface area (Å²) in [4.78, 5) is 50.5. The number of amides is 4. The number of hydrazine groups is 1. The lowest BCUT2D eigenvalue weighted by atomic mass is 10.0. The first-order valence-corrected chi connectivity index (χ1v) is 9.44. The third kappa shape index (κ3) is 4.18. The molecule has 0 radical (unpaired) electrons. The Balaban J connectivity index is 1.77. The number of aryl methyl sites for hydroxylation is 1. The Kier molecular flexibility index (Phi) is 5.77. The zero-order chi connectivity index (χ0) is 21.1. The van der Waals surface area contributed by atoms with E-state index in [1.54, 1.807) is 24.3 Å². The van der Waals surface area contributed by atoms with Crippen molar-refractivity contribution in [2.75, 3.05) is 0 Å². The van der Waals surface area contributed by atoms with Gasteiger partial charge >= 0.3 is 0 Å². The lowest BCUT2D eigenvalue weighted by Gasteiger charge is -2.23. The van der Waals surface area contributed by atoms with E-state index in [-0.39, 0.29) is 23.0 Å². The van der Waals surface area contributed by atoms with E-state index < -0.39 is 23.8 Å². The molecule has 4 amide bonds. The smallest absolute Gasteiger partial charge is 0.280 e. The quantitative estimate of drug-likeness (QED) is 0.737. The van der Waals surface area contributed by atoms with Crippen LogP contribution < -0.4 is 10.7 Å². The summed E-state index contributed by atoms with van der Waals surface area (Å²) in [6.45, 7) is 5.65. The van der Waals surface area contributed by atoms with Crippen LogP contribution in [0.2, 0.25) is 0 Å². The highest BCUT2D eigenvalue weighted by atomic mass is 16.2. The maximum absolute atomic E-state index is 12.9. The molecule has 150 valence electrons. The zero-order valence-electron chi connectivity index (χ0n) is 16.6. The molecule has 1 heterocycles. The number of carbonyl (C=O) groups is 4. The van der Waals surface area contributed by atoms with E-state index in [2.05, 4.69) is 10.7 Å². The number of nitrogens with one attached hydrogen (secondary N) is 2. The Hall–Kier alpha value is -3.48. The molecule has 29 heavy (non-hydrogen) atoms. The molecular formula is C22H23N3O4. The lowest BCUT2D eigenvalue weighted by molar-refractivity contribution is -0.126. The maximum atomic E-state index is 12.9. The van der Waals surface area contributed by atoms with E-state index in [0.717, 1.165) is 5.56 Å². The second-order valence-corrected chi connectivity index (χ2v) is 7.44. The predicted molar refractivity (Wildman–Crippen MR) is 107 cm³/mol. The number of rotatable bonds is 6. The molecule has 0 aromatic heterocycles. The molecule has 0 aliphatic carbocycles. The molecule has 0 saturated carbocycles. The highest BCUT2D eigenvalue weighted by Gasteiger charge is 2.38. The van der Waals surface area contributed by atoms with Gasteiger partial charge in [-0.3, -0.25) is 24.6 Å². The van der Waals surface area contributed by atoms with Crippen LogP contribution >= 0.6 is 0 Å². The van der Waals surface area contributed by atoms with Gasteiger partial charge in [0, 0.05) is 5.56 Å². The molecule has 2 N–H and O–H groups in total. The Labute approximate surface area is 169 Å². The van der Waals surface area contributed by atoms with Crippen LogP contribution in [0.5, 0.6) is 0 Å². The third-order valence-corrected chi connectivity index (χ3v) is 4.73. The normalized spacial score (nSPS) is 14.0. The van der Waals surface area contributed by atoms with Crippen molar-refractivity contribution in [1.29, 1.82) is 0 Å². The Morgan fingerprint density at radius 2 is 1.48 bits per heavy atom. The van der Waals surface area contributed by atoms with Gasteiger partial charge in [0.25, 0.3) is 23.6 Å². The first kappa shape index (κ1) is 20.3. The van der Waals surface area contributed by atoms with Crippen LogP contribution in [0.25, 0.3) is 0 Å². The largest absolute Gasteiger partial charge is 0.340 e. The minimum absolute atomic E-state index is 0.102. The molecule has 2 aromatic rings. The first-order valence-electron chi connectivity index (χ1n) is 9.44. The van der Waals surface area contributed by atoms with Gasteiger partial charge in [0.2, 0.25) is 0 Å². The van der Waals surface area contributed by atoms with Crippen LogP contribution in [0.3, 0.4) is 0 Å². The van der Waals surface area contributed by atoms with Gasteiger partial charge in [-0.15, -0.1) is 0 Å². The molecule has 1 aliphatic heterocycles. The van der Waals surface area contributed by atoms with Crippen molar-refractivity contribution in [1.82, 2.24) is 15.8 Å². The third-order valence-electron chi connectivity index (χ3n) is 4.73. The second-order valence-electron chi connectivity index (χ2n) is 7.44. The van der Waals surface area contributed by atoms with E-state index in [9.17, 15) is 19.2 Å². The van der Waals surface area contributed by atoms with E-state index in [1.807, 2.05) is 32.9 Å². The predicted octanol–water partition coefficient (Wildman–Crippen LogP) is 2.47. The van der Waals surface area contributed by atoms with Crippen molar-refractivity contribution in [3.8, 4) is 0 Å². The van der Waals surface area contributed by atoms with Gasteiger partial charge in [-0.05, 0) is 43.0 Å². The van der Waals surface area contributed by atoms with Crippen LogP contribution in [0, 0.1) is 12.8 Å². The Bertz CT molecular complexity index is 949. The van der Waals surface area contributed by atoms with Gasteiger partial charge < -0.3 is 5.32 Å². The standard InChI is InChI=1S/C22H23N3O4/c1-13(2)12-18(23-19(26)15-9-5-4-8-14(15)3)20(27)24-25-21(28)16-10-6-7-11-17(16)22(25)29/h4-11,13,18H,12H2,1-3H3,(H,23,26)(H,24,27)/t18-/m1/s1. The fourth-order valence-corrected chi connectivity index (χ4v) is 3.25. The average Bonchev–Trinajstić information content (AvgIpc) is 2.92. The zero-order valence-corrected chi connectivity index (χ0v) is 16.6. The monoisotopic (exact) mass is 393 g/mol. The van der Waals surface area contributed by atoms with Gasteiger partial charge in [-0.25, -0.2) is 0 Å². The molecule has 0 bridgehead atoms. The molecule has 7 heteroatoms. The number of nitrogens with zero attached hydrogens (tertiary/aromatic N) is 1. The van der Waals surface area contributed by atoms with Crippen molar-refractivity contribution >= 4 is 23.6 Å². The summed E-state index contributed by atoms with van der Waals surface area (Å²) in [6.07, 6.45) is 0.354. The van der Waals surface area contributed by atoms with Crippen LogP contribution in [0.1, 0.15) is 56.9 Å². The number of fused-ring (bicyclic) bond motifs is 1. The maximum Gasteiger partial charge on any atom is 0.280 e. The van der Waals surface area contributed by atoms with Crippen LogP contribution in [0.15, 0.2) is 48.5 Å². The summed E-state index contributed by atoms with van der Waals surface area (Å²) in [6, 6.07) is 12.5. The van der Waals surface area contributed by atoms with Crippen LogP contribution in [0.4, 0.5) is 0 Å². The highest BCUT2D eigenvalue weighted by Crippen LogP contribution is 2.21. The van der Waals surface area contributed by atoms with Gasteiger partial charge in [0.1, 0.15) is 6.04 Å².